The molecule has 0 fully saturated rings. The Balaban J connectivity index is 2.00. The highest BCUT2D eigenvalue weighted by Crippen LogP contribution is 2.26. The van der Waals surface area contributed by atoms with Crippen LogP contribution in [0.15, 0.2) is 22.8 Å². The van der Waals surface area contributed by atoms with Crippen LogP contribution in [0.4, 0.5) is 0 Å². The maximum atomic E-state index is 11.3. The lowest BCUT2D eigenvalue weighted by atomic mass is 9.97. The lowest BCUT2D eigenvalue weighted by Crippen LogP contribution is -2.28. The van der Waals surface area contributed by atoms with Gasteiger partial charge >= 0.3 is 11.9 Å². The Labute approximate surface area is 119 Å². The molecule has 0 amide bonds. The maximum Gasteiger partial charge on any atom is 0.356 e. The average Bonchev–Trinajstić information content (AvgIpc) is 3.07. The molecular weight excluding hydrogens is 276 g/mol. The zero-order valence-corrected chi connectivity index (χ0v) is 11.2. The Morgan fingerprint density at radius 1 is 1.43 bits per heavy atom. The van der Waals surface area contributed by atoms with E-state index in [2.05, 4.69) is 4.98 Å². The van der Waals surface area contributed by atoms with Crippen molar-refractivity contribution in [1.82, 2.24) is 9.55 Å². The molecule has 0 saturated carbocycles. The molecule has 7 nitrogen and oxygen atoms in total. The molecule has 3 rings (SSSR count). The van der Waals surface area contributed by atoms with Crippen molar-refractivity contribution in [1.29, 1.82) is 0 Å². The van der Waals surface area contributed by atoms with Crippen LogP contribution in [0.2, 0.25) is 0 Å². The number of carbonyl (C=O) groups is 2. The van der Waals surface area contributed by atoms with Crippen LogP contribution < -0.4 is 0 Å². The highest BCUT2D eigenvalue weighted by molar-refractivity contribution is 5.87. The second-order valence-electron chi connectivity index (χ2n) is 5.07. The summed E-state index contributed by atoms with van der Waals surface area (Å²) in [6.07, 6.45) is 2.72. The molecule has 2 N–H and O–H groups in total. The Hall–Kier alpha value is -2.57. The predicted molar refractivity (Wildman–Crippen MR) is 70.1 cm³/mol. The minimum atomic E-state index is -1.08. The third-order valence-corrected chi connectivity index (χ3v) is 3.75. The Morgan fingerprint density at radius 2 is 2.24 bits per heavy atom. The first-order valence-electron chi connectivity index (χ1n) is 6.63. The van der Waals surface area contributed by atoms with E-state index in [0.29, 0.717) is 36.5 Å². The van der Waals surface area contributed by atoms with Gasteiger partial charge in [0.05, 0.1) is 24.3 Å². The highest BCUT2D eigenvalue weighted by atomic mass is 16.4. The number of aliphatic carboxylic acids is 1. The number of furan rings is 1. The number of hydrogen-bond donors (Lipinski definition) is 2. The third kappa shape index (κ3) is 2.42. The van der Waals surface area contributed by atoms with E-state index in [1.165, 1.54) is 6.26 Å². The number of hydrogen-bond acceptors (Lipinski definition) is 4. The summed E-state index contributed by atoms with van der Waals surface area (Å²) in [5.74, 6) is -1.27. The molecule has 0 aliphatic carbocycles. The van der Waals surface area contributed by atoms with Crippen LogP contribution >= 0.6 is 0 Å². The van der Waals surface area contributed by atoms with E-state index in [1.54, 1.807) is 16.7 Å². The van der Waals surface area contributed by atoms with Gasteiger partial charge in [0.2, 0.25) is 0 Å². The lowest BCUT2D eigenvalue weighted by molar-refractivity contribution is -0.142. The molecule has 1 unspecified atom stereocenters. The first kappa shape index (κ1) is 13.4. The summed E-state index contributed by atoms with van der Waals surface area (Å²) in [4.78, 5) is 26.6. The Morgan fingerprint density at radius 3 is 2.86 bits per heavy atom. The van der Waals surface area contributed by atoms with Gasteiger partial charge in [-0.15, -0.1) is 0 Å². The van der Waals surface area contributed by atoms with Crippen LogP contribution in [-0.2, 0) is 24.2 Å². The molecule has 3 heterocycles. The molecular formula is C14H14N2O5. The molecule has 1 aliphatic rings. The van der Waals surface area contributed by atoms with Gasteiger partial charge in [-0.25, -0.2) is 9.78 Å². The number of aromatic carboxylic acids is 1. The van der Waals surface area contributed by atoms with E-state index >= 15 is 0 Å². The molecule has 0 spiro atoms. The predicted octanol–water partition coefficient (Wildman–Crippen LogP) is 1.41. The van der Waals surface area contributed by atoms with Gasteiger partial charge in [0.15, 0.2) is 5.69 Å². The topological polar surface area (TPSA) is 106 Å². The van der Waals surface area contributed by atoms with Gasteiger partial charge in [0.1, 0.15) is 11.6 Å². The first-order valence-corrected chi connectivity index (χ1v) is 6.63. The van der Waals surface area contributed by atoms with E-state index in [1.807, 2.05) is 0 Å². The summed E-state index contributed by atoms with van der Waals surface area (Å²) in [5.41, 5.74) is 0.613. The molecule has 0 radical (unpaired) electrons. The average molecular weight is 290 g/mol. The van der Waals surface area contributed by atoms with E-state index in [9.17, 15) is 14.7 Å². The molecule has 21 heavy (non-hydrogen) atoms. The number of aromatic nitrogens is 2. The monoisotopic (exact) mass is 290 g/mol. The smallest absolute Gasteiger partial charge is 0.356 e. The zero-order chi connectivity index (χ0) is 15.0. The van der Waals surface area contributed by atoms with Crippen molar-refractivity contribution in [3.63, 3.8) is 0 Å². The van der Waals surface area contributed by atoms with E-state index in [0.717, 1.165) is 0 Å². The molecule has 1 aliphatic heterocycles. The van der Waals surface area contributed by atoms with Gasteiger partial charge in [-0.2, -0.15) is 0 Å². The van der Waals surface area contributed by atoms with Crippen LogP contribution in [0.25, 0.3) is 0 Å². The number of rotatable bonds is 4. The molecule has 1 atom stereocenters. The van der Waals surface area contributed by atoms with Gasteiger partial charge in [0, 0.05) is 6.54 Å². The van der Waals surface area contributed by atoms with Gasteiger partial charge in [-0.1, -0.05) is 0 Å². The van der Waals surface area contributed by atoms with Crippen LogP contribution in [-0.4, -0.2) is 31.7 Å². The summed E-state index contributed by atoms with van der Waals surface area (Å²) in [7, 11) is 0. The van der Waals surface area contributed by atoms with Crippen LogP contribution in [0.3, 0.4) is 0 Å². The normalized spacial score (nSPS) is 17.4. The Bertz CT molecular complexity index is 687. The molecule has 0 bridgehead atoms. The molecule has 2 aromatic heterocycles. The van der Waals surface area contributed by atoms with Crippen LogP contribution in [0, 0.1) is 5.92 Å². The fourth-order valence-corrected chi connectivity index (χ4v) is 2.71. The maximum absolute atomic E-state index is 11.3. The van der Waals surface area contributed by atoms with Crippen LogP contribution in [0.5, 0.6) is 0 Å². The number of carboxylic acids is 2. The number of fused-ring (bicyclic) bond motifs is 1. The minimum Gasteiger partial charge on any atom is -0.481 e. The molecule has 2 aromatic rings. The van der Waals surface area contributed by atoms with Crippen molar-refractivity contribution in [3.05, 3.63) is 41.4 Å². The second-order valence-corrected chi connectivity index (χ2v) is 5.07. The van der Waals surface area contributed by atoms with E-state index in [-0.39, 0.29) is 12.2 Å². The summed E-state index contributed by atoms with van der Waals surface area (Å²) >= 11 is 0. The SMILES string of the molecule is O=C(O)c1nc(Cc2ccco2)n2c1CCC(C(=O)O)C2. The fourth-order valence-electron chi connectivity index (χ4n) is 2.71. The largest absolute Gasteiger partial charge is 0.481 e. The quantitative estimate of drug-likeness (QED) is 0.882. The van der Waals surface area contributed by atoms with Gasteiger partial charge in [0.25, 0.3) is 0 Å². The van der Waals surface area contributed by atoms with Crippen molar-refractivity contribution in [2.45, 2.75) is 25.8 Å². The second kappa shape index (κ2) is 5.08. The zero-order valence-electron chi connectivity index (χ0n) is 11.2. The molecule has 0 aromatic carbocycles. The van der Waals surface area contributed by atoms with E-state index < -0.39 is 17.9 Å². The van der Waals surface area contributed by atoms with Gasteiger partial charge in [-0.3, -0.25) is 4.79 Å². The van der Waals surface area contributed by atoms with Crippen LogP contribution in [0.1, 0.15) is 34.2 Å². The fraction of sp³-hybridized carbons (Fsp3) is 0.357. The number of carboxylic acid groups (broad SMARTS) is 2. The van der Waals surface area contributed by atoms with Gasteiger partial charge < -0.3 is 19.2 Å². The van der Waals surface area contributed by atoms with Gasteiger partial charge in [-0.05, 0) is 25.0 Å². The van der Waals surface area contributed by atoms with Crippen molar-refractivity contribution in [2.75, 3.05) is 0 Å². The lowest BCUT2D eigenvalue weighted by Gasteiger charge is -2.22. The summed E-state index contributed by atoms with van der Waals surface area (Å²) in [6.45, 7) is 0.251. The molecule has 110 valence electrons. The number of nitrogens with zero attached hydrogens (tertiary/aromatic N) is 2. The highest BCUT2D eigenvalue weighted by Gasteiger charge is 2.31. The summed E-state index contributed by atoms with van der Waals surface area (Å²) in [5, 5.41) is 18.4. The third-order valence-electron chi connectivity index (χ3n) is 3.75. The Kier molecular flexibility index (Phi) is 3.25. The summed E-state index contributed by atoms with van der Waals surface area (Å²) in [6, 6.07) is 3.52. The first-order chi connectivity index (χ1) is 10.1. The van der Waals surface area contributed by atoms with Crippen molar-refractivity contribution in [3.8, 4) is 0 Å². The summed E-state index contributed by atoms with van der Waals surface area (Å²) < 4.78 is 6.97. The number of imidazole rings is 1. The van der Waals surface area contributed by atoms with Crippen molar-refractivity contribution < 1.29 is 24.2 Å². The van der Waals surface area contributed by atoms with Crippen molar-refractivity contribution >= 4 is 11.9 Å². The minimum absolute atomic E-state index is 0.0143. The van der Waals surface area contributed by atoms with Crippen molar-refractivity contribution in [2.24, 2.45) is 5.92 Å². The standard InChI is InChI=1S/C14H14N2O5/c17-13(18)8-3-4-10-12(14(19)20)15-11(16(10)7-8)6-9-2-1-5-21-9/h1-2,5,8H,3-4,6-7H2,(H,17,18)(H,19,20). The molecule has 7 heteroatoms. The molecule has 0 saturated heterocycles. The van der Waals surface area contributed by atoms with E-state index in [4.69, 9.17) is 9.52 Å².